The monoisotopic (exact) mass is 331 g/mol. The minimum atomic E-state index is -1.33. The van der Waals surface area contributed by atoms with Crippen molar-refractivity contribution in [3.63, 3.8) is 0 Å². The van der Waals surface area contributed by atoms with E-state index in [1.807, 2.05) is 25.1 Å². The molecule has 1 atom stereocenters. The molecule has 0 aliphatic rings. The number of ether oxygens (including phenoxy) is 1. The lowest BCUT2D eigenvalue weighted by Crippen LogP contribution is -2.51. The standard InChI is InChI=1S/C17H21N3O4/c1-5-17(3,16(22)23)18-15(21)12-8-9-20(19-12)13-10-11(2)6-7-14(13)24-4/h6-10H,5H2,1-4H3,(H,18,21)(H,22,23). The summed E-state index contributed by atoms with van der Waals surface area (Å²) in [5, 5.41) is 16.0. The molecule has 2 rings (SSSR count). The maximum absolute atomic E-state index is 12.3. The Morgan fingerprint density at radius 1 is 1.38 bits per heavy atom. The zero-order valence-electron chi connectivity index (χ0n) is 14.2. The molecule has 0 fully saturated rings. The van der Waals surface area contributed by atoms with Crippen molar-refractivity contribution in [1.29, 1.82) is 0 Å². The summed E-state index contributed by atoms with van der Waals surface area (Å²) in [6, 6.07) is 7.17. The number of rotatable bonds is 6. The molecule has 0 radical (unpaired) electrons. The van der Waals surface area contributed by atoms with Crippen molar-refractivity contribution in [3.8, 4) is 11.4 Å². The van der Waals surface area contributed by atoms with Gasteiger partial charge in [0.1, 0.15) is 17.0 Å². The highest BCUT2D eigenvalue weighted by Gasteiger charge is 2.33. The Hall–Kier alpha value is -2.83. The predicted molar refractivity (Wildman–Crippen MR) is 88.7 cm³/mol. The number of nitrogens with zero attached hydrogens (tertiary/aromatic N) is 2. The van der Waals surface area contributed by atoms with Gasteiger partial charge >= 0.3 is 5.97 Å². The van der Waals surface area contributed by atoms with Crippen LogP contribution in [0, 0.1) is 6.92 Å². The lowest BCUT2D eigenvalue weighted by atomic mass is 9.99. The van der Waals surface area contributed by atoms with Crippen LogP contribution in [0.4, 0.5) is 0 Å². The summed E-state index contributed by atoms with van der Waals surface area (Å²) >= 11 is 0. The Kier molecular flexibility index (Phi) is 4.92. The molecule has 1 amide bonds. The third-order valence-corrected chi connectivity index (χ3v) is 3.97. The smallest absolute Gasteiger partial charge is 0.329 e. The number of hydrogen-bond acceptors (Lipinski definition) is 4. The fourth-order valence-electron chi connectivity index (χ4n) is 2.17. The fraction of sp³-hybridized carbons (Fsp3) is 0.353. The molecule has 0 spiro atoms. The van der Waals surface area contributed by atoms with E-state index in [-0.39, 0.29) is 12.1 Å². The summed E-state index contributed by atoms with van der Waals surface area (Å²) in [6.45, 7) is 5.11. The molecule has 0 bridgehead atoms. The average Bonchev–Trinajstić information content (AvgIpc) is 3.04. The van der Waals surface area contributed by atoms with Crippen LogP contribution in [-0.2, 0) is 4.79 Å². The number of aromatic nitrogens is 2. The number of carbonyl (C=O) groups excluding carboxylic acids is 1. The van der Waals surface area contributed by atoms with E-state index in [0.29, 0.717) is 11.4 Å². The van der Waals surface area contributed by atoms with Crippen molar-refractivity contribution >= 4 is 11.9 Å². The number of nitrogens with one attached hydrogen (secondary N) is 1. The highest BCUT2D eigenvalue weighted by Crippen LogP contribution is 2.23. The van der Waals surface area contributed by atoms with E-state index < -0.39 is 17.4 Å². The van der Waals surface area contributed by atoms with Crippen LogP contribution in [-0.4, -0.2) is 39.4 Å². The molecular weight excluding hydrogens is 310 g/mol. The molecule has 128 valence electrons. The molecule has 0 saturated carbocycles. The van der Waals surface area contributed by atoms with Gasteiger partial charge in [-0.05, 0) is 44.0 Å². The molecule has 24 heavy (non-hydrogen) atoms. The first-order valence-corrected chi connectivity index (χ1v) is 7.57. The third kappa shape index (κ3) is 3.40. The van der Waals surface area contributed by atoms with E-state index in [9.17, 15) is 14.7 Å². The number of benzene rings is 1. The quantitative estimate of drug-likeness (QED) is 0.846. The van der Waals surface area contributed by atoms with Crippen molar-refractivity contribution in [3.05, 3.63) is 41.7 Å². The first-order valence-electron chi connectivity index (χ1n) is 7.57. The molecular formula is C17H21N3O4. The van der Waals surface area contributed by atoms with Crippen LogP contribution in [0.2, 0.25) is 0 Å². The molecule has 0 saturated heterocycles. The van der Waals surface area contributed by atoms with Gasteiger partial charge in [0.2, 0.25) is 0 Å². The second-order valence-corrected chi connectivity index (χ2v) is 5.77. The van der Waals surface area contributed by atoms with Crippen molar-refractivity contribution in [2.75, 3.05) is 7.11 Å². The number of aliphatic carboxylic acids is 1. The van der Waals surface area contributed by atoms with Gasteiger partial charge in [-0.2, -0.15) is 5.10 Å². The molecule has 1 heterocycles. The molecule has 1 aromatic carbocycles. The normalized spacial score (nSPS) is 13.2. The highest BCUT2D eigenvalue weighted by atomic mass is 16.5. The molecule has 2 N–H and O–H groups in total. The minimum absolute atomic E-state index is 0.138. The van der Waals surface area contributed by atoms with Crippen LogP contribution < -0.4 is 10.1 Å². The van der Waals surface area contributed by atoms with Crippen LogP contribution in [0.1, 0.15) is 36.3 Å². The van der Waals surface area contributed by atoms with Gasteiger partial charge in [0.25, 0.3) is 5.91 Å². The van der Waals surface area contributed by atoms with Crippen LogP contribution in [0.5, 0.6) is 5.75 Å². The van der Waals surface area contributed by atoms with Crippen molar-refractivity contribution in [2.45, 2.75) is 32.7 Å². The van der Waals surface area contributed by atoms with Crippen molar-refractivity contribution in [1.82, 2.24) is 15.1 Å². The summed E-state index contributed by atoms with van der Waals surface area (Å²) in [6.07, 6.45) is 1.90. The lowest BCUT2D eigenvalue weighted by Gasteiger charge is -2.23. The summed E-state index contributed by atoms with van der Waals surface area (Å²) < 4.78 is 6.85. The van der Waals surface area contributed by atoms with E-state index in [1.54, 1.807) is 20.2 Å². The lowest BCUT2D eigenvalue weighted by molar-refractivity contribution is -0.143. The van der Waals surface area contributed by atoms with E-state index in [1.165, 1.54) is 17.7 Å². The predicted octanol–water partition coefficient (Wildman–Crippen LogP) is 2.17. The van der Waals surface area contributed by atoms with Gasteiger partial charge in [-0.1, -0.05) is 13.0 Å². The SMILES string of the molecule is CCC(C)(NC(=O)c1ccn(-c2cc(C)ccc2OC)n1)C(=O)O. The van der Waals surface area contributed by atoms with Crippen LogP contribution in [0.3, 0.4) is 0 Å². The van der Waals surface area contributed by atoms with Gasteiger partial charge in [0.15, 0.2) is 5.69 Å². The number of methoxy groups -OCH3 is 1. The van der Waals surface area contributed by atoms with Gasteiger partial charge < -0.3 is 15.2 Å². The van der Waals surface area contributed by atoms with Gasteiger partial charge in [-0.25, -0.2) is 9.48 Å². The van der Waals surface area contributed by atoms with Crippen LogP contribution >= 0.6 is 0 Å². The number of carboxylic acid groups (broad SMARTS) is 1. The third-order valence-electron chi connectivity index (χ3n) is 3.97. The summed E-state index contributed by atoms with van der Waals surface area (Å²) in [5.41, 5.74) is 0.534. The summed E-state index contributed by atoms with van der Waals surface area (Å²) in [7, 11) is 1.56. The molecule has 1 aromatic heterocycles. The number of aryl methyl sites for hydroxylation is 1. The number of amides is 1. The van der Waals surface area contributed by atoms with Crippen molar-refractivity contribution < 1.29 is 19.4 Å². The van der Waals surface area contributed by atoms with Crippen LogP contribution in [0.15, 0.2) is 30.5 Å². The van der Waals surface area contributed by atoms with Crippen LogP contribution in [0.25, 0.3) is 5.69 Å². The Morgan fingerprint density at radius 2 is 2.08 bits per heavy atom. The Morgan fingerprint density at radius 3 is 2.67 bits per heavy atom. The van der Waals surface area contributed by atoms with E-state index in [4.69, 9.17) is 4.74 Å². The molecule has 2 aromatic rings. The zero-order chi connectivity index (χ0) is 17.9. The minimum Gasteiger partial charge on any atom is -0.494 e. The summed E-state index contributed by atoms with van der Waals surface area (Å²) in [4.78, 5) is 23.6. The molecule has 0 aliphatic heterocycles. The maximum Gasteiger partial charge on any atom is 0.329 e. The van der Waals surface area contributed by atoms with E-state index in [2.05, 4.69) is 10.4 Å². The van der Waals surface area contributed by atoms with Gasteiger partial charge in [0, 0.05) is 6.20 Å². The Labute approximate surface area is 140 Å². The van der Waals surface area contributed by atoms with Gasteiger partial charge in [-0.15, -0.1) is 0 Å². The first kappa shape index (κ1) is 17.5. The second kappa shape index (κ2) is 6.74. The number of carbonyl (C=O) groups is 2. The average molecular weight is 331 g/mol. The summed E-state index contributed by atoms with van der Waals surface area (Å²) in [5.74, 6) is -0.996. The van der Waals surface area contributed by atoms with E-state index in [0.717, 1.165) is 5.56 Å². The molecule has 1 unspecified atom stereocenters. The van der Waals surface area contributed by atoms with Gasteiger partial charge in [-0.3, -0.25) is 4.79 Å². The first-order chi connectivity index (χ1) is 11.3. The Balaban J connectivity index is 2.30. The maximum atomic E-state index is 12.3. The number of hydrogen-bond donors (Lipinski definition) is 2. The van der Waals surface area contributed by atoms with E-state index >= 15 is 0 Å². The topological polar surface area (TPSA) is 93.5 Å². The van der Waals surface area contributed by atoms with Gasteiger partial charge in [0.05, 0.1) is 7.11 Å². The molecule has 0 aliphatic carbocycles. The molecule has 7 nitrogen and oxygen atoms in total. The Bertz CT molecular complexity index is 769. The number of carboxylic acids is 1. The van der Waals surface area contributed by atoms with Crippen molar-refractivity contribution in [2.24, 2.45) is 0 Å². The zero-order valence-corrected chi connectivity index (χ0v) is 14.2. The second-order valence-electron chi connectivity index (χ2n) is 5.77. The largest absolute Gasteiger partial charge is 0.494 e. The fourth-order valence-corrected chi connectivity index (χ4v) is 2.17. The highest BCUT2D eigenvalue weighted by molar-refractivity contribution is 5.96. The molecule has 7 heteroatoms.